The number of pyridine rings is 1. The second-order valence-corrected chi connectivity index (χ2v) is 2.60. The lowest BCUT2D eigenvalue weighted by Gasteiger charge is -2.05. The molecule has 1 aromatic heterocycles. The molecule has 1 rings (SSSR count). The molecule has 0 saturated heterocycles. The number of amides is 1. The van der Waals surface area contributed by atoms with Crippen molar-refractivity contribution in [1.29, 1.82) is 0 Å². The Labute approximate surface area is 85.0 Å². The predicted octanol–water partition coefficient (Wildman–Crippen LogP) is 0.487. The first-order chi connectivity index (χ1) is 7.06. The fourth-order valence-electron chi connectivity index (χ4n) is 0.969. The predicted molar refractivity (Wildman–Crippen MR) is 50.6 cm³/mol. The zero-order valence-electron chi connectivity index (χ0n) is 7.97. The van der Waals surface area contributed by atoms with Crippen molar-refractivity contribution in [3.05, 3.63) is 27.9 Å². The number of hydrogen-bond donors (Lipinski definition) is 1. The summed E-state index contributed by atoms with van der Waals surface area (Å²) in [6, 6.07) is 1.04. The molecular weight excluding hydrogens is 202 g/mol. The molecule has 2 N–H and O–H groups in total. The zero-order valence-corrected chi connectivity index (χ0v) is 7.97. The van der Waals surface area contributed by atoms with E-state index in [1.807, 2.05) is 0 Å². The minimum Gasteiger partial charge on any atom is -0.477 e. The summed E-state index contributed by atoms with van der Waals surface area (Å²) in [5, 5.41) is 10.4. The molecule has 0 aliphatic carbocycles. The average molecular weight is 211 g/mol. The van der Waals surface area contributed by atoms with Crippen molar-refractivity contribution < 1.29 is 14.5 Å². The van der Waals surface area contributed by atoms with Crippen LogP contribution in [0.3, 0.4) is 0 Å². The molecule has 1 heterocycles. The highest BCUT2D eigenvalue weighted by molar-refractivity contribution is 5.95. The maximum Gasteiger partial charge on any atom is 0.288 e. The van der Waals surface area contributed by atoms with Crippen LogP contribution in [0.1, 0.15) is 17.3 Å². The van der Waals surface area contributed by atoms with Gasteiger partial charge in [-0.3, -0.25) is 14.9 Å². The van der Waals surface area contributed by atoms with Crippen molar-refractivity contribution in [1.82, 2.24) is 4.98 Å². The quantitative estimate of drug-likeness (QED) is 0.575. The summed E-state index contributed by atoms with van der Waals surface area (Å²) in [5.74, 6) is -0.801. The molecule has 0 aliphatic rings. The van der Waals surface area contributed by atoms with Crippen LogP contribution in [0.4, 0.5) is 5.69 Å². The standard InChI is InChI=1S/C8H9N3O4/c1-2-15-8-6(7(9)12)3-5(4-10-8)11(13)14/h3-4H,2H2,1H3,(H2,9,12). The second-order valence-electron chi connectivity index (χ2n) is 2.60. The van der Waals surface area contributed by atoms with Gasteiger partial charge in [0.25, 0.3) is 11.6 Å². The molecule has 0 atom stereocenters. The molecule has 15 heavy (non-hydrogen) atoms. The molecule has 0 unspecified atom stereocenters. The first kappa shape index (κ1) is 10.9. The Kier molecular flexibility index (Phi) is 3.17. The number of carbonyl (C=O) groups is 1. The van der Waals surface area contributed by atoms with E-state index in [2.05, 4.69) is 4.98 Å². The summed E-state index contributed by atoms with van der Waals surface area (Å²) in [6.07, 6.45) is 1.01. The summed E-state index contributed by atoms with van der Waals surface area (Å²) in [4.78, 5) is 24.4. The molecule has 1 aromatic rings. The van der Waals surface area contributed by atoms with Gasteiger partial charge in [-0.1, -0.05) is 0 Å². The Morgan fingerprint density at radius 3 is 2.87 bits per heavy atom. The third kappa shape index (κ3) is 2.39. The van der Waals surface area contributed by atoms with Gasteiger partial charge in [0, 0.05) is 6.07 Å². The van der Waals surface area contributed by atoms with Crippen molar-refractivity contribution in [2.45, 2.75) is 6.92 Å². The lowest BCUT2D eigenvalue weighted by atomic mass is 10.2. The first-order valence-electron chi connectivity index (χ1n) is 4.13. The van der Waals surface area contributed by atoms with E-state index >= 15 is 0 Å². The summed E-state index contributed by atoms with van der Waals surface area (Å²) in [6.45, 7) is 2.00. The second kappa shape index (κ2) is 4.36. The molecule has 0 saturated carbocycles. The topological polar surface area (TPSA) is 108 Å². The Bertz CT molecular complexity index is 405. The number of nitro groups is 1. The maximum atomic E-state index is 11.0. The van der Waals surface area contributed by atoms with Crippen LogP contribution in [0.15, 0.2) is 12.3 Å². The van der Waals surface area contributed by atoms with Gasteiger partial charge in [0.15, 0.2) is 0 Å². The van der Waals surface area contributed by atoms with Gasteiger partial charge in [-0.2, -0.15) is 0 Å². The average Bonchev–Trinajstić information content (AvgIpc) is 2.18. The van der Waals surface area contributed by atoms with Gasteiger partial charge in [-0.15, -0.1) is 0 Å². The monoisotopic (exact) mass is 211 g/mol. The van der Waals surface area contributed by atoms with E-state index in [0.29, 0.717) is 6.61 Å². The summed E-state index contributed by atoms with van der Waals surface area (Å²) < 4.78 is 5.00. The highest BCUT2D eigenvalue weighted by atomic mass is 16.6. The number of primary amides is 1. The van der Waals surface area contributed by atoms with Crippen LogP contribution in [0.5, 0.6) is 5.88 Å². The minimum absolute atomic E-state index is 0.00981. The van der Waals surface area contributed by atoms with E-state index < -0.39 is 10.8 Å². The SMILES string of the molecule is CCOc1ncc([N+](=O)[O-])cc1C(N)=O. The van der Waals surface area contributed by atoms with Crippen molar-refractivity contribution in [2.75, 3.05) is 6.61 Å². The number of nitrogens with zero attached hydrogens (tertiary/aromatic N) is 2. The highest BCUT2D eigenvalue weighted by Gasteiger charge is 2.16. The molecule has 0 spiro atoms. The van der Waals surface area contributed by atoms with Gasteiger partial charge in [0.05, 0.1) is 11.5 Å². The van der Waals surface area contributed by atoms with Crippen LogP contribution in [0.25, 0.3) is 0 Å². The van der Waals surface area contributed by atoms with Crippen LogP contribution >= 0.6 is 0 Å². The summed E-state index contributed by atoms with van der Waals surface area (Å²) in [5.41, 5.74) is 4.64. The van der Waals surface area contributed by atoms with Crippen LogP contribution in [0, 0.1) is 10.1 Å². The van der Waals surface area contributed by atoms with Crippen molar-refractivity contribution >= 4 is 11.6 Å². The minimum atomic E-state index is -0.811. The molecule has 7 heteroatoms. The highest BCUT2D eigenvalue weighted by Crippen LogP contribution is 2.20. The van der Waals surface area contributed by atoms with Crippen LogP contribution in [-0.2, 0) is 0 Å². The van der Waals surface area contributed by atoms with E-state index in [1.165, 1.54) is 0 Å². The van der Waals surface area contributed by atoms with E-state index in [1.54, 1.807) is 6.92 Å². The lowest BCUT2D eigenvalue weighted by Crippen LogP contribution is -2.14. The number of aromatic nitrogens is 1. The molecule has 1 amide bonds. The van der Waals surface area contributed by atoms with Gasteiger partial charge in [0.2, 0.25) is 5.88 Å². The Morgan fingerprint density at radius 1 is 1.73 bits per heavy atom. The summed E-state index contributed by atoms with van der Waals surface area (Å²) in [7, 11) is 0. The number of rotatable bonds is 4. The fraction of sp³-hybridized carbons (Fsp3) is 0.250. The fourth-order valence-corrected chi connectivity index (χ4v) is 0.969. The van der Waals surface area contributed by atoms with E-state index in [4.69, 9.17) is 10.5 Å². The van der Waals surface area contributed by atoms with Gasteiger partial charge >= 0.3 is 0 Å². The normalized spacial score (nSPS) is 9.67. The molecule has 7 nitrogen and oxygen atoms in total. The summed E-state index contributed by atoms with van der Waals surface area (Å²) >= 11 is 0. The number of nitrogens with two attached hydrogens (primary N) is 1. The smallest absolute Gasteiger partial charge is 0.288 e. The van der Waals surface area contributed by atoms with Crippen molar-refractivity contribution in [3.8, 4) is 5.88 Å². The van der Waals surface area contributed by atoms with Crippen molar-refractivity contribution in [3.63, 3.8) is 0 Å². The Balaban J connectivity index is 3.20. The maximum absolute atomic E-state index is 11.0. The lowest BCUT2D eigenvalue weighted by molar-refractivity contribution is -0.385. The van der Waals surface area contributed by atoms with Crippen LogP contribution < -0.4 is 10.5 Å². The first-order valence-corrected chi connectivity index (χ1v) is 4.13. The van der Waals surface area contributed by atoms with Crippen LogP contribution in [-0.4, -0.2) is 22.4 Å². The van der Waals surface area contributed by atoms with Gasteiger partial charge in [0.1, 0.15) is 11.8 Å². The molecule has 0 radical (unpaired) electrons. The molecule has 0 bridgehead atoms. The Morgan fingerprint density at radius 2 is 2.40 bits per heavy atom. The van der Waals surface area contributed by atoms with Gasteiger partial charge in [-0.05, 0) is 6.92 Å². The number of hydrogen-bond acceptors (Lipinski definition) is 5. The molecule has 80 valence electrons. The largest absolute Gasteiger partial charge is 0.477 e. The van der Waals surface area contributed by atoms with E-state index in [0.717, 1.165) is 12.3 Å². The number of carbonyl (C=O) groups excluding carboxylic acids is 1. The van der Waals surface area contributed by atoms with E-state index in [9.17, 15) is 14.9 Å². The molecule has 0 aliphatic heterocycles. The third-order valence-corrected chi connectivity index (χ3v) is 1.59. The third-order valence-electron chi connectivity index (χ3n) is 1.59. The van der Waals surface area contributed by atoms with E-state index in [-0.39, 0.29) is 17.1 Å². The molecule has 0 fully saturated rings. The van der Waals surface area contributed by atoms with Crippen LogP contribution in [0.2, 0.25) is 0 Å². The molecular formula is C8H9N3O4. The van der Waals surface area contributed by atoms with Crippen molar-refractivity contribution in [2.24, 2.45) is 5.73 Å². The number of ether oxygens (including phenoxy) is 1. The Hall–Kier alpha value is -2.18. The zero-order chi connectivity index (χ0) is 11.4. The van der Waals surface area contributed by atoms with Gasteiger partial charge < -0.3 is 10.5 Å². The molecule has 0 aromatic carbocycles. The van der Waals surface area contributed by atoms with Gasteiger partial charge in [-0.25, -0.2) is 4.98 Å².